The van der Waals surface area contributed by atoms with E-state index in [-0.39, 0.29) is 5.82 Å². The molecular formula is C22H18FNS. The normalized spacial score (nSPS) is 11.2. The van der Waals surface area contributed by atoms with Gasteiger partial charge in [0, 0.05) is 27.7 Å². The van der Waals surface area contributed by atoms with E-state index in [1.165, 1.54) is 28.1 Å². The molecular weight excluding hydrogens is 329 g/mol. The first-order valence-corrected chi connectivity index (χ1v) is 9.03. The highest BCUT2D eigenvalue weighted by Gasteiger charge is 2.17. The summed E-state index contributed by atoms with van der Waals surface area (Å²) < 4.78 is 15.9. The minimum Gasteiger partial charge on any atom is -0.343 e. The Bertz CT molecular complexity index is 1050. The van der Waals surface area contributed by atoms with Crippen LogP contribution < -0.4 is 0 Å². The van der Waals surface area contributed by atoms with Crippen molar-refractivity contribution in [2.75, 3.05) is 0 Å². The van der Waals surface area contributed by atoms with Crippen LogP contribution in [0.5, 0.6) is 0 Å². The molecule has 25 heavy (non-hydrogen) atoms. The first-order chi connectivity index (χ1) is 12.1. The molecule has 0 fully saturated rings. The molecule has 1 nitrogen and oxygen atoms in total. The van der Waals surface area contributed by atoms with Crippen molar-refractivity contribution in [3.05, 3.63) is 84.2 Å². The number of halogens is 1. The van der Waals surface area contributed by atoms with Crippen LogP contribution in [0.25, 0.3) is 22.2 Å². The van der Waals surface area contributed by atoms with Gasteiger partial charge in [0.1, 0.15) is 5.82 Å². The highest BCUT2D eigenvalue weighted by atomic mass is 32.2. The lowest BCUT2D eigenvalue weighted by Gasteiger charge is -2.09. The first kappa shape index (κ1) is 16.0. The van der Waals surface area contributed by atoms with Crippen LogP contribution >= 0.6 is 11.8 Å². The third-order valence-electron chi connectivity index (χ3n) is 4.40. The SMILES string of the molecule is Cc1ccc(-c2c(Sc3cccc(F)c3)c3ccccc3n2C)cc1. The van der Waals surface area contributed by atoms with Gasteiger partial charge in [-0.25, -0.2) is 4.39 Å². The zero-order valence-corrected chi connectivity index (χ0v) is 15.0. The van der Waals surface area contributed by atoms with Crippen LogP contribution in [0.4, 0.5) is 4.39 Å². The van der Waals surface area contributed by atoms with Crippen molar-refractivity contribution in [1.82, 2.24) is 4.57 Å². The number of rotatable bonds is 3. The molecule has 0 aliphatic rings. The maximum absolute atomic E-state index is 13.6. The first-order valence-electron chi connectivity index (χ1n) is 8.21. The predicted molar refractivity (Wildman–Crippen MR) is 104 cm³/mol. The molecule has 0 saturated carbocycles. The fraction of sp³-hybridized carbons (Fsp3) is 0.0909. The second kappa shape index (κ2) is 6.41. The van der Waals surface area contributed by atoms with Gasteiger partial charge in [-0.3, -0.25) is 0 Å². The summed E-state index contributed by atoms with van der Waals surface area (Å²) in [5, 5.41) is 1.19. The summed E-state index contributed by atoms with van der Waals surface area (Å²) >= 11 is 1.62. The van der Waals surface area contributed by atoms with Gasteiger partial charge >= 0.3 is 0 Å². The van der Waals surface area contributed by atoms with Crippen molar-refractivity contribution in [3.63, 3.8) is 0 Å². The number of hydrogen-bond donors (Lipinski definition) is 0. The molecule has 0 atom stereocenters. The summed E-state index contributed by atoms with van der Waals surface area (Å²) in [4.78, 5) is 2.07. The predicted octanol–water partition coefficient (Wildman–Crippen LogP) is 6.44. The van der Waals surface area contributed by atoms with Gasteiger partial charge in [-0.2, -0.15) is 0 Å². The zero-order valence-electron chi connectivity index (χ0n) is 14.2. The fourth-order valence-corrected chi connectivity index (χ4v) is 4.33. The number of para-hydroxylation sites is 1. The van der Waals surface area contributed by atoms with Crippen molar-refractivity contribution >= 4 is 22.7 Å². The third kappa shape index (κ3) is 2.96. The summed E-state index contributed by atoms with van der Waals surface area (Å²) in [5.74, 6) is -0.206. The minimum atomic E-state index is -0.206. The Morgan fingerprint density at radius 2 is 1.64 bits per heavy atom. The molecule has 0 aliphatic carbocycles. The molecule has 0 aliphatic heterocycles. The average Bonchev–Trinajstić information content (AvgIpc) is 2.89. The van der Waals surface area contributed by atoms with E-state index >= 15 is 0 Å². The topological polar surface area (TPSA) is 4.93 Å². The molecule has 3 aromatic carbocycles. The van der Waals surface area contributed by atoms with E-state index in [1.54, 1.807) is 23.9 Å². The second-order valence-electron chi connectivity index (χ2n) is 6.18. The van der Waals surface area contributed by atoms with Crippen molar-refractivity contribution in [3.8, 4) is 11.3 Å². The Kier molecular flexibility index (Phi) is 4.10. The fourth-order valence-electron chi connectivity index (χ4n) is 3.15. The molecule has 0 bridgehead atoms. The summed E-state index contributed by atoms with van der Waals surface area (Å²) in [6.45, 7) is 2.09. The maximum Gasteiger partial charge on any atom is 0.124 e. The molecule has 124 valence electrons. The molecule has 1 heterocycles. The van der Waals surface area contributed by atoms with Crippen molar-refractivity contribution in [1.29, 1.82) is 0 Å². The van der Waals surface area contributed by atoms with Gasteiger partial charge in [0.15, 0.2) is 0 Å². The Labute approximate surface area is 151 Å². The number of benzene rings is 3. The maximum atomic E-state index is 13.6. The molecule has 3 heteroatoms. The number of nitrogens with zero attached hydrogens (tertiary/aromatic N) is 1. The highest BCUT2D eigenvalue weighted by Crippen LogP contribution is 2.42. The average molecular weight is 347 g/mol. The van der Waals surface area contributed by atoms with E-state index in [9.17, 15) is 4.39 Å². The van der Waals surface area contributed by atoms with Gasteiger partial charge in [0.25, 0.3) is 0 Å². The lowest BCUT2D eigenvalue weighted by molar-refractivity contribution is 0.624. The monoisotopic (exact) mass is 347 g/mol. The third-order valence-corrected chi connectivity index (χ3v) is 5.51. The summed E-state index contributed by atoms with van der Waals surface area (Å²) in [5.41, 5.74) is 4.75. The van der Waals surface area contributed by atoms with Crippen molar-refractivity contribution in [2.45, 2.75) is 16.7 Å². The molecule has 0 spiro atoms. The van der Waals surface area contributed by atoms with Crippen LogP contribution in [0.2, 0.25) is 0 Å². The number of fused-ring (bicyclic) bond motifs is 1. The molecule has 0 unspecified atom stereocenters. The highest BCUT2D eigenvalue weighted by molar-refractivity contribution is 7.99. The van der Waals surface area contributed by atoms with Gasteiger partial charge in [-0.05, 0) is 36.8 Å². The van der Waals surface area contributed by atoms with Crippen LogP contribution in [0.3, 0.4) is 0 Å². The van der Waals surface area contributed by atoms with E-state index < -0.39 is 0 Å². The van der Waals surface area contributed by atoms with Crippen LogP contribution in [0.1, 0.15) is 5.56 Å². The second-order valence-corrected chi connectivity index (χ2v) is 7.26. The van der Waals surface area contributed by atoms with E-state index in [2.05, 4.69) is 67.1 Å². The number of hydrogen-bond acceptors (Lipinski definition) is 1. The Morgan fingerprint density at radius 1 is 0.880 bits per heavy atom. The van der Waals surface area contributed by atoms with Crippen molar-refractivity contribution in [2.24, 2.45) is 7.05 Å². The Hall–Kier alpha value is -2.52. The van der Waals surface area contributed by atoms with Gasteiger partial charge in [0.2, 0.25) is 0 Å². The van der Waals surface area contributed by atoms with Gasteiger partial charge in [-0.1, -0.05) is 65.9 Å². The van der Waals surface area contributed by atoms with E-state index in [0.717, 1.165) is 15.5 Å². The van der Waals surface area contributed by atoms with Crippen LogP contribution in [0.15, 0.2) is 82.6 Å². The quantitative estimate of drug-likeness (QED) is 0.412. The molecule has 0 amide bonds. The summed E-state index contributed by atoms with van der Waals surface area (Å²) in [7, 11) is 2.09. The van der Waals surface area contributed by atoms with Gasteiger partial charge in [-0.15, -0.1) is 0 Å². The molecule has 4 aromatic rings. The number of aryl methyl sites for hydroxylation is 2. The Morgan fingerprint density at radius 3 is 2.40 bits per heavy atom. The van der Waals surface area contributed by atoms with E-state index in [0.29, 0.717) is 0 Å². The van der Waals surface area contributed by atoms with Crippen LogP contribution in [-0.4, -0.2) is 4.57 Å². The molecule has 4 rings (SSSR count). The standard InChI is InChI=1S/C22H18FNS/c1-15-10-12-16(13-11-15)21-22(25-18-7-5-6-17(23)14-18)19-8-3-4-9-20(19)24(21)2/h3-14H,1-2H3. The molecule has 1 aromatic heterocycles. The van der Waals surface area contributed by atoms with E-state index in [1.807, 2.05) is 6.07 Å². The number of aromatic nitrogens is 1. The molecule has 0 N–H and O–H groups in total. The smallest absolute Gasteiger partial charge is 0.124 e. The lowest BCUT2D eigenvalue weighted by Crippen LogP contribution is -1.92. The van der Waals surface area contributed by atoms with Gasteiger partial charge in [0.05, 0.1) is 5.69 Å². The zero-order chi connectivity index (χ0) is 17.4. The lowest BCUT2D eigenvalue weighted by atomic mass is 10.1. The van der Waals surface area contributed by atoms with Crippen molar-refractivity contribution < 1.29 is 4.39 Å². The summed E-state index contributed by atoms with van der Waals surface area (Å²) in [6.07, 6.45) is 0. The Balaban J connectivity index is 1.94. The largest absolute Gasteiger partial charge is 0.343 e. The summed E-state index contributed by atoms with van der Waals surface area (Å²) in [6, 6.07) is 23.7. The van der Waals surface area contributed by atoms with E-state index in [4.69, 9.17) is 0 Å². The van der Waals surface area contributed by atoms with Crippen LogP contribution in [-0.2, 0) is 7.05 Å². The molecule has 0 radical (unpaired) electrons. The molecule has 0 saturated heterocycles. The van der Waals surface area contributed by atoms with Crippen LogP contribution in [0, 0.1) is 12.7 Å². The minimum absolute atomic E-state index is 0.206. The van der Waals surface area contributed by atoms with Gasteiger partial charge < -0.3 is 4.57 Å².